The zero-order valence-corrected chi connectivity index (χ0v) is 21.5. The van der Waals surface area contributed by atoms with Crippen molar-refractivity contribution < 1.29 is 19.4 Å². The molecule has 8 heteroatoms. The van der Waals surface area contributed by atoms with Gasteiger partial charge in [-0.25, -0.2) is 0 Å². The van der Waals surface area contributed by atoms with Gasteiger partial charge in [0.15, 0.2) is 0 Å². The number of benzene rings is 3. The Kier molecular flexibility index (Phi) is 8.68. The highest BCUT2D eigenvalue weighted by molar-refractivity contribution is 9.10. The van der Waals surface area contributed by atoms with Crippen LogP contribution in [0.15, 0.2) is 65.1 Å². The number of nitrogens with two attached hydrogens (primary N) is 1. The molecule has 35 heavy (non-hydrogen) atoms. The molecule has 0 aromatic heterocycles. The van der Waals surface area contributed by atoms with E-state index >= 15 is 0 Å². The van der Waals surface area contributed by atoms with Crippen molar-refractivity contribution in [1.29, 1.82) is 0 Å². The van der Waals surface area contributed by atoms with E-state index in [0.717, 1.165) is 39.6 Å². The number of amides is 1. The van der Waals surface area contributed by atoms with Gasteiger partial charge in [0.25, 0.3) is 0 Å². The number of ether oxygens (including phenoxy) is 2. The van der Waals surface area contributed by atoms with E-state index in [-0.39, 0.29) is 13.2 Å². The maximum atomic E-state index is 11.5. The standard InChI is InChI=1S/C27H28BrClN2O4/c28-26-19(7-4-8-21(26)18-5-2-1-3-6-18)16-35-25-12-24(34-15-17-9-10-17)20(11-22(25)29)13-31-23(14-32)27(30)33/h1-8,11-12,17,23,31-32H,9-10,13-16H2,(H2,30,33). The zero-order valence-electron chi connectivity index (χ0n) is 19.2. The Hall–Kier alpha value is -2.58. The number of rotatable bonds is 12. The summed E-state index contributed by atoms with van der Waals surface area (Å²) in [4.78, 5) is 11.5. The summed E-state index contributed by atoms with van der Waals surface area (Å²) in [5.41, 5.74) is 9.27. The van der Waals surface area contributed by atoms with E-state index in [1.807, 2.05) is 30.3 Å². The van der Waals surface area contributed by atoms with Gasteiger partial charge in [-0.15, -0.1) is 0 Å². The molecule has 1 atom stereocenters. The molecule has 0 heterocycles. The first-order chi connectivity index (χ1) is 17.0. The van der Waals surface area contributed by atoms with Crippen LogP contribution in [0.2, 0.25) is 5.02 Å². The highest BCUT2D eigenvalue weighted by atomic mass is 79.9. The molecule has 3 aromatic rings. The van der Waals surface area contributed by atoms with Gasteiger partial charge in [-0.1, -0.05) is 60.1 Å². The second-order valence-electron chi connectivity index (χ2n) is 8.60. The Balaban J connectivity index is 1.52. The first-order valence-corrected chi connectivity index (χ1v) is 12.7. The molecule has 1 aliphatic carbocycles. The second kappa shape index (κ2) is 11.9. The minimum atomic E-state index is -0.852. The van der Waals surface area contributed by atoms with E-state index in [0.29, 0.717) is 35.7 Å². The number of aliphatic hydroxyl groups is 1. The molecule has 0 saturated heterocycles. The van der Waals surface area contributed by atoms with Crippen LogP contribution < -0.4 is 20.5 Å². The lowest BCUT2D eigenvalue weighted by atomic mass is 10.0. The van der Waals surface area contributed by atoms with Crippen molar-refractivity contribution in [2.75, 3.05) is 13.2 Å². The lowest BCUT2D eigenvalue weighted by Crippen LogP contribution is -2.43. The van der Waals surface area contributed by atoms with Crippen molar-refractivity contribution in [2.45, 2.75) is 32.0 Å². The van der Waals surface area contributed by atoms with Crippen LogP contribution in [0.4, 0.5) is 0 Å². The van der Waals surface area contributed by atoms with E-state index in [2.05, 4.69) is 39.4 Å². The fraction of sp³-hybridized carbons (Fsp3) is 0.296. The Morgan fingerprint density at radius 2 is 1.86 bits per heavy atom. The van der Waals surface area contributed by atoms with E-state index in [1.165, 1.54) is 0 Å². The molecule has 0 spiro atoms. The SMILES string of the molecule is NC(=O)C(CO)NCc1cc(Cl)c(OCc2cccc(-c3ccccc3)c2Br)cc1OCC1CC1. The molecule has 4 rings (SSSR count). The molecular formula is C27H28BrClN2O4. The van der Waals surface area contributed by atoms with Crippen LogP contribution >= 0.6 is 27.5 Å². The first kappa shape index (κ1) is 25.5. The van der Waals surface area contributed by atoms with Gasteiger partial charge >= 0.3 is 0 Å². The average Bonchev–Trinajstić information content (AvgIpc) is 3.69. The van der Waals surface area contributed by atoms with Crippen LogP contribution in [-0.2, 0) is 17.9 Å². The third-order valence-corrected chi connectivity index (χ3v) is 7.13. The summed E-state index contributed by atoms with van der Waals surface area (Å²) in [6.45, 7) is 0.797. The number of carbonyl (C=O) groups excluding carboxylic acids is 1. The summed E-state index contributed by atoms with van der Waals surface area (Å²) in [5, 5.41) is 12.8. The smallest absolute Gasteiger partial charge is 0.236 e. The van der Waals surface area contributed by atoms with Gasteiger partial charge in [0.05, 0.1) is 18.2 Å². The lowest BCUT2D eigenvalue weighted by Gasteiger charge is -2.18. The predicted molar refractivity (Wildman–Crippen MR) is 140 cm³/mol. The molecule has 0 aliphatic heterocycles. The van der Waals surface area contributed by atoms with E-state index in [9.17, 15) is 9.90 Å². The number of primary amides is 1. The van der Waals surface area contributed by atoms with Crippen molar-refractivity contribution in [3.05, 3.63) is 81.3 Å². The monoisotopic (exact) mass is 558 g/mol. The molecular weight excluding hydrogens is 532 g/mol. The van der Waals surface area contributed by atoms with Gasteiger partial charge in [0.2, 0.25) is 5.91 Å². The third-order valence-electron chi connectivity index (χ3n) is 5.90. The number of hydrogen-bond donors (Lipinski definition) is 3. The van der Waals surface area contributed by atoms with Crippen molar-refractivity contribution in [1.82, 2.24) is 5.32 Å². The van der Waals surface area contributed by atoms with Gasteiger partial charge in [-0.3, -0.25) is 10.1 Å². The van der Waals surface area contributed by atoms with Crippen LogP contribution in [0.1, 0.15) is 24.0 Å². The normalized spacial score (nSPS) is 13.9. The number of carbonyl (C=O) groups is 1. The quantitative estimate of drug-likeness (QED) is 0.288. The summed E-state index contributed by atoms with van der Waals surface area (Å²) in [6, 6.07) is 18.9. The predicted octanol–water partition coefficient (Wildman–Crippen LogP) is 5.07. The molecule has 3 aromatic carbocycles. The van der Waals surface area contributed by atoms with Crippen LogP contribution in [0.25, 0.3) is 11.1 Å². The number of aliphatic hydroxyl groups excluding tert-OH is 1. The summed E-state index contributed by atoms with van der Waals surface area (Å²) in [5.74, 6) is 1.07. The van der Waals surface area contributed by atoms with Crippen LogP contribution in [0.5, 0.6) is 11.5 Å². The fourth-order valence-electron chi connectivity index (χ4n) is 3.63. The molecule has 1 aliphatic rings. The van der Waals surface area contributed by atoms with Crippen LogP contribution in [-0.4, -0.2) is 30.3 Å². The molecule has 0 bridgehead atoms. The summed E-state index contributed by atoms with van der Waals surface area (Å²) in [7, 11) is 0. The molecule has 0 radical (unpaired) electrons. The summed E-state index contributed by atoms with van der Waals surface area (Å²) < 4.78 is 13.2. The number of nitrogens with one attached hydrogen (secondary N) is 1. The zero-order chi connectivity index (χ0) is 24.8. The van der Waals surface area contributed by atoms with Crippen LogP contribution in [0.3, 0.4) is 0 Å². The Labute approximate surface area is 218 Å². The molecule has 6 nitrogen and oxygen atoms in total. The maximum absolute atomic E-state index is 11.5. The molecule has 1 amide bonds. The molecule has 1 unspecified atom stereocenters. The Morgan fingerprint density at radius 1 is 1.09 bits per heavy atom. The molecule has 4 N–H and O–H groups in total. The first-order valence-electron chi connectivity index (χ1n) is 11.5. The number of halogens is 2. The van der Waals surface area contributed by atoms with Gasteiger partial charge < -0.3 is 20.3 Å². The average molecular weight is 560 g/mol. The highest BCUT2D eigenvalue weighted by Gasteiger charge is 2.23. The third kappa shape index (κ3) is 6.76. The van der Waals surface area contributed by atoms with E-state index < -0.39 is 11.9 Å². The largest absolute Gasteiger partial charge is 0.493 e. The fourth-order valence-corrected chi connectivity index (χ4v) is 4.48. The van der Waals surface area contributed by atoms with Gasteiger partial charge in [0, 0.05) is 28.2 Å². The van der Waals surface area contributed by atoms with Gasteiger partial charge in [-0.05, 0) is 51.9 Å². The molecule has 1 saturated carbocycles. The van der Waals surface area contributed by atoms with Crippen molar-refractivity contribution >= 4 is 33.4 Å². The van der Waals surface area contributed by atoms with E-state index in [1.54, 1.807) is 12.1 Å². The lowest BCUT2D eigenvalue weighted by molar-refractivity contribution is -0.120. The van der Waals surface area contributed by atoms with Crippen molar-refractivity contribution in [3.63, 3.8) is 0 Å². The Bertz CT molecular complexity index is 1170. The highest BCUT2D eigenvalue weighted by Crippen LogP contribution is 2.37. The minimum absolute atomic E-state index is 0.263. The number of hydrogen-bond acceptors (Lipinski definition) is 5. The summed E-state index contributed by atoms with van der Waals surface area (Å²) in [6.07, 6.45) is 2.31. The summed E-state index contributed by atoms with van der Waals surface area (Å²) >= 11 is 10.3. The van der Waals surface area contributed by atoms with E-state index in [4.69, 9.17) is 26.8 Å². The maximum Gasteiger partial charge on any atom is 0.236 e. The molecule has 1 fully saturated rings. The Morgan fingerprint density at radius 3 is 2.54 bits per heavy atom. The van der Waals surface area contributed by atoms with Crippen molar-refractivity contribution in [2.24, 2.45) is 11.7 Å². The topological polar surface area (TPSA) is 93.8 Å². The van der Waals surface area contributed by atoms with Gasteiger partial charge in [-0.2, -0.15) is 0 Å². The van der Waals surface area contributed by atoms with Crippen molar-refractivity contribution in [3.8, 4) is 22.6 Å². The molecule has 184 valence electrons. The van der Waals surface area contributed by atoms with Crippen LogP contribution in [0, 0.1) is 5.92 Å². The minimum Gasteiger partial charge on any atom is -0.493 e. The van der Waals surface area contributed by atoms with Gasteiger partial charge in [0.1, 0.15) is 24.1 Å². The second-order valence-corrected chi connectivity index (χ2v) is 9.80.